The highest BCUT2D eigenvalue weighted by molar-refractivity contribution is 5.78. The van der Waals surface area contributed by atoms with Crippen LogP contribution in [0.3, 0.4) is 0 Å². The van der Waals surface area contributed by atoms with E-state index >= 15 is 0 Å². The van der Waals surface area contributed by atoms with Crippen molar-refractivity contribution in [3.8, 4) is 0 Å². The number of rotatable bonds is 9. The molecule has 0 aromatic heterocycles. The average molecular weight is 233 g/mol. The topological polar surface area (TPSA) is 78.8 Å². The van der Waals surface area contributed by atoms with Gasteiger partial charge in [-0.3, -0.25) is 10.1 Å². The highest BCUT2D eigenvalue weighted by Crippen LogP contribution is 2.16. The van der Waals surface area contributed by atoms with Crippen LogP contribution < -0.4 is 5.32 Å². The van der Waals surface area contributed by atoms with Crippen LogP contribution >= 0.6 is 0 Å². The van der Waals surface area contributed by atoms with Crippen molar-refractivity contribution in [2.24, 2.45) is 5.92 Å². The zero-order valence-electron chi connectivity index (χ0n) is 10.3. The van der Waals surface area contributed by atoms with Crippen LogP contribution in [-0.4, -0.2) is 48.1 Å². The van der Waals surface area contributed by atoms with Gasteiger partial charge in [-0.15, -0.1) is 0 Å². The van der Waals surface area contributed by atoms with E-state index in [2.05, 4.69) is 5.32 Å². The van der Waals surface area contributed by atoms with E-state index in [1.54, 1.807) is 6.92 Å². The van der Waals surface area contributed by atoms with Gasteiger partial charge in [0.25, 0.3) is 0 Å². The molecule has 1 unspecified atom stereocenters. The molecule has 0 amide bonds. The predicted octanol–water partition coefficient (Wildman–Crippen LogP) is 0.474. The molecule has 0 fully saturated rings. The van der Waals surface area contributed by atoms with Gasteiger partial charge in [0.1, 0.15) is 5.54 Å². The maximum atomic E-state index is 11.1. The van der Waals surface area contributed by atoms with E-state index in [0.717, 1.165) is 0 Å². The summed E-state index contributed by atoms with van der Waals surface area (Å²) in [5.74, 6) is -0.532. The molecule has 0 aromatic rings. The first-order chi connectivity index (χ1) is 7.42. The highest BCUT2D eigenvalue weighted by atomic mass is 16.5. The minimum Gasteiger partial charge on any atom is -0.480 e. The number of nitrogens with one attached hydrogen (secondary N) is 1. The number of carbonyl (C=O) groups is 1. The van der Waals surface area contributed by atoms with Crippen LogP contribution in [0, 0.1) is 5.92 Å². The van der Waals surface area contributed by atoms with Gasteiger partial charge in [-0.2, -0.15) is 0 Å². The van der Waals surface area contributed by atoms with Crippen LogP contribution in [0.5, 0.6) is 0 Å². The smallest absolute Gasteiger partial charge is 0.323 e. The van der Waals surface area contributed by atoms with Crippen LogP contribution in [0.4, 0.5) is 0 Å². The molecule has 0 heterocycles. The average Bonchev–Trinajstić information content (AvgIpc) is 2.16. The first-order valence-electron chi connectivity index (χ1n) is 5.59. The van der Waals surface area contributed by atoms with Gasteiger partial charge in [0, 0.05) is 6.54 Å². The summed E-state index contributed by atoms with van der Waals surface area (Å²) in [5.41, 5.74) is -0.906. The Morgan fingerprint density at radius 2 is 2.06 bits per heavy atom. The van der Waals surface area contributed by atoms with E-state index in [9.17, 15) is 4.79 Å². The van der Waals surface area contributed by atoms with E-state index in [1.807, 2.05) is 13.8 Å². The molecule has 0 saturated heterocycles. The van der Waals surface area contributed by atoms with Crippen molar-refractivity contribution in [3.05, 3.63) is 0 Å². The minimum atomic E-state index is -0.906. The van der Waals surface area contributed by atoms with Gasteiger partial charge in [-0.1, -0.05) is 13.8 Å². The molecule has 1 atom stereocenters. The number of aliphatic carboxylic acids is 1. The Morgan fingerprint density at radius 1 is 1.44 bits per heavy atom. The highest BCUT2D eigenvalue weighted by Gasteiger charge is 2.32. The number of carboxylic acids is 1. The van der Waals surface area contributed by atoms with Gasteiger partial charge < -0.3 is 14.9 Å². The van der Waals surface area contributed by atoms with Crippen molar-refractivity contribution in [2.45, 2.75) is 32.7 Å². The molecule has 5 nitrogen and oxygen atoms in total. The van der Waals surface area contributed by atoms with Crippen LogP contribution in [0.15, 0.2) is 0 Å². The summed E-state index contributed by atoms with van der Waals surface area (Å²) in [6, 6.07) is 0. The van der Waals surface area contributed by atoms with Crippen LogP contribution in [0.25, 0.3) is 0 Å². The normalized spacial score (nSPS) is 15.1. The lowest BCUT2D eigenvalue weighted by Crippen LogP contribution is -2.51. The molecule has 96 valence electrons. The molecule has 0 spiro atoms. The number of ether oxygens (including phenoxy) is 1. The summed E-state index contributed by atoms with van der Waals surface area (Å²) in [6.07, 6.45) is 0.572. The summed E-state index contributed by atoms with van der Waals surface area (Å²) < 4.78 is 5.06. The largest absolute Gasteiger partial charge is 0.480 e. The summed E-state index contributed by atoms with van der Waals surface area (Å²) in [5, 5.41) is 20.6. The molecule has 0 aliphatic heterocycles. The Morgan fingerprint density at radius 3 is 2.50 bits per heavy atom. The standard InChI is InChI=1S/C11H23NO4/c1-9(2)8-11(3,10(14)15)12-4-6-16-7-5-13/h9,12-13H,4-8H2,1-3H3,(H,14,15). The van der Waals surface area contributed by atoms with Gasteiger partial charge in [-0.25, -0.2) is 0 Å². The second-order valence-electron chi connectivity index (χ2n) is 4.50. The molecule has 0 bridgehead atoms. The zero-order valence-corrected chi connectivity index (χ0v) is 10.3. The van der Waals surface area contributed by atoms with E-state index < -0.39 is 11.5 Å². The minimum absolute atomic E-state index is 0.0117. The number of hydrogen-bond acceptors (Lipinski definition) is 4. The lowest BCUT2D eigenvalue weighted by molar-refractivity contribution is -0.145. The SMILES string of the molecule is CC(C)CC(C)(NCCOCCO)C(=O)O. The first-order valence-corrected chi connectivity index (χ1v) is 5.59. The molecule has 5 heteroatoms. The van der Waals surface area contributed by atoms with E-state index in [1.165, 1.54) is 0 Å². The Kier molecular flexibility index (Phi) is 7.29. The van der Waals surface area contributed by atoms with Gasteiger partial charge in [0.15, 0.2) is 0 Å². The summed E-state index contributed by atoms with van der Waals surface area (Å²) in [6.45, 7) is 6.81. The number of aliphatic hydroxyl groups is 1. The zero-order chi connectivity index (χ0) is 12.6. The summed E-state index contributed by atoms with van der Waals surface area (Å²) >= 11 is 0. The van der Waals surface area contributed by atoms with Gasteiger partial charge >= 0.3 is 5.97 Å². The predicted molar refractivity (Wildman–Crippen MR) is 61.4 cm³/mol. The van der Waals surface area contributed by atoms with Gasteiger partial charge in [0.05, 0.1) is 19.8 Å². The Labute approximate surface area is 96.8 Å². The van der Waals surface area contributed by atoms with Gasteiger partial charge in [0.2, 0.25) is 0 Å². The molecule has 3 N–H and O–H groups in total. The van der Waals surface area contributed by atoms with Crippen LogP contribution in [-0.2, 0) is 9.53 Å². The second-order valence-corrected chi connectivity index (χ2v) is 4.50. The van der Waals surface area contributed by atoms with Gasteiger partial charge in [-0.05, 0) is 19.3 Å². The van der Waals surface area contributed by atoms with Crippen LogP contribution in [0.2, 0.25) is 0 Å². The third kappa shape index (κ3) is 6.05. The summed E-state index contributed by atoms with van der Waals surface area (Å²) in [4.78, 5) is 11.1. The monoisotopic (exact) mass is 233 g/mol. The summed E-state index contributed by atoms with van der Waals surface area (Å²) in [7, 11) is 0. The fourth-order valence-corrected chi connectivity index (χ4v) is 1.62. The van der Waals surface area contributed by atoms with Crippen LogP contribution in [0.1, 0.15) is 27.2 Å². The number of hydrogen-bond donors (Lipinski definition) is 3. The Bertz CT molecular complexity index is 208. The maximum absolute atomic E-state index is 11.1. The fourth-order valence-electron chi connectivity index (χ4n) is 1.62. The molecular formula is C11H23NO4. The molecule has 0 rings (SSSR count). The third-order valence-corrected chi connectivity index (χ3v) is 2.29. The number of aliphatic hydroxyl groups excluding tert-OH is 1. The molecule has 0 radical (unpaired) electrons. The third-order valence-electron chi connectivity index (χ3n) is 2.29. The fraction of sp³-hybridized carbons (Fsp3) is 0.909. The Hall–Kier alpha value is -0.650. The van der Waals surface area contributed by atoms with Crippen molar-refractivity contribution in [1.29, 1.82) is 0 Å². The maximum Gasteiger partial charge on any atom is 0.323 e. The van der Waals surface area contributed by atoms with E-state index in [-0.39, 0.29) is 13.2 Å². The molecule has 16 heavy (non-hydrogen) atoms. The second kappa shape index (κ2) is 7.60. The quantitative estimate of drug-likeness (QED) is 0.505. The molecule has 0 saturated carbocycles. The lowest BCUT2D eigenvalue weighted by atomic mass is 9.91. The molecule has 0 aliphatic carbocycles. The van der Waals surface area contributed by atoms with Crippen molar-refractivity contribution in [3.63, 3.8) is 0 Å². The van der Waals surface area contributed by atoms with Crippen molar-refractivity contribution in [2.75, 3.05) is 26.4 Å². The molecule has 0 aromatic carbocycles. The lowest BCUT2D eigenvalue weighted by Gasteiger charge is -2.28. The van der Waals surface area contributed by atoms with Crippen molar-refractivity contribution < 1.29 is 19.7 Å². The molecular weight excluding hydrogens is 210 g/mol. The first kappa shape index (κ1) is 15.3. The molecule has 0 aliphatic rings. The van der Waals surface area contributed by atoms with Crippen molar-refractivity contribution >= 4 is 5.97 Å². The Balaban J connectivity index is 3.98. The van der Waals surface area contributed by atoms with E-state index in [4.69, 9.17) is 14.9 Å². The van der Waals surface area contributed by atoms with Crippen molar-refractivity contribution in [1.82, 2.24) is 5.32 Å². The number of carboxylic acid groups (broad SMARTS) is 1. The van der Waals surface area contributed by atoms with E-state index in [0.29, 0.717) is 25.5 Å².